The number of carbonyl (C=O) groups is 2. The van der Waals surface area contributed by atoms with Crippen LogP contribution in [0.1, 0.15) is 45.1 Å². The first kappa shape index (κ1) is 29.1. The first-order chi connectivity index (χ1) is 18.1. The normalized spacial score (nSPS) is 13.1. The van der Waals surface area contributed by atoms with Crippen molar-refractivity contribution in [2.24, 2.45) is 0 Å². The molecule has 0 fully saturated rings. The number of nitrogens with one attached hydrogen (secondary N) is 1. The molecule has 0 bridgehead atoms. The summed E-state index contributed by atoms with van der Waals surface area (Å²) in [7, 11) is -2.04. The number of hydrogen-bond acceptors (Lipinski definition) is 7. The third kappa shape index (κ3) is 7.77. The zero-order valence-electron chi connectivity index (χ0n) is 22.4. The van der Waals surface area contributed by atoms with Gasteiger partial charge in [-0.2, -0.15) is 0 Å². The lowest BCUT2D eigenvalue weighted by Gasteiger charge is -2.29. The van der Waals surface area contributed by atoms with Gasteiger partial charge in [-0.1, -0.05) is 25.5 Å². The summed E-state index contributed by atoms with van der Waals surface area (Å²) in [4.78, 5) is 27.7. The number of carbonyl (C=O) groups excluding carboxylic acids is 2. The molecule has 0 saturated carbocycles. The highest BCUT2D eigenvalue weighted by atomic mass is 32.2. The average Bonchev–Trinajstić information content (AvgIpc) is 3.37. The molecule has 1 heterocycles. The Morgan fingerprint density at radius 1 is 1.08 bits per heavy atom. The molecule has 3 rings (SSSR count). The summed E-state index contributed by atoms with van der Waals surface area (Å²) in [5.41, 5.74) is 1.29. The topological polar surface area (TPSA) is 114 Å². The van der Waals surface area contributed by atoms with Gasteiger partial charge in [0.05, 0.1) is 19.1 Å². The predicted octanol–water partition coefficient (Wildman–Crippen LogP) is 3.30. The van der Waals surface area contributed by atoms with Crippen LogP contribution in [0.15, 0.2) is 42.5 Å². The summed E-state index contributed by atoms with van der Waals surface area (Å²) in [6.45, 7) is 4.71. The fourth-order valence-corrected chi connectivity index (χ4v) is 5.05. The highest BCUT2D eigenvalue weighted by Crippen LogP contribution is 2.36. The van der Waals surface area contributed by atoms with E-state index in [1.54, 1.807) is 44.4 Å². The van der Waals surface area contributed by atoms with Crippen molar-refractivity contribution in [1.29, 1.82) is 0 Å². The molecule has 1 atom stereocenters. The van der Waals surface area contributed by atoms with E-state index in [4.69, 9.17) is 14.2 Å². The minimum absolute atomic E-state index is 0.0688. The second-order valence-electron chi connectivity index (χ2n) is 9.17. The van der Waals surface area contributed by atoms with E-state index in [9.17, 15) is 18.0 Å². The van der Waals surface area contributed by atoms with E-state index in [1.807, 2.05) is 19.1 Å². The first-order valence-electron chi connectivity index (χ1n) is 12.7. The van der Waals surface area contributed by atoms with Gasteiger partial charge in [0.15, 0.2) is 11.5 Å². The van der Waals surface area contributed by atoms with Gasteiger partial charge < -0.3 is 24.4 Å². The van der Waals surface area contributed by atoms with Crippen molar-refractivity contribution in [3.05, 3.63) is 48.0 Å². The van der Waals surface area contributed by atoms with Crippen LogP contribution in [0.5, 0.6) is 17.2 Å². The van der Waals surface area contributed by atoms with Crippen LogP contribution in [0, 0.1) is 0 Å². The van der Waals surface area contributed by atoms with Crippen molar-refractivity contribution in [2.75, 3.05) is 37.6 Å². The Morgan fingerprint density at radius 3 is 2.45 bits per heavy atom. The SMILES string of the molecule is CCCCNC(=O)[C@@H](C)N(Cc1ccc(OC)cc1)C(=O)CCCN(c1ccc2c(c1)OCO2)S(C)(=O)=O. The molecule has 0 saturated heterocycles. The molecule has 1 aliphatic heterocycles. The standard InChI is InChI=1S/C27H37N3O7S/c1-5-6-15-28-27(32)20(2)29(18-21-9-12-23(35-3)13-10-21)26(31)8-7-16-30(38(4,33)34)22-11-14-24-25(17-22)37-19-36-24/h9-14,17,20H,5-8,15-16,18-19H2,1-4H3,(H,28,32)/t20-/m1/s1. The van der Waals surface area contributed by atoms with E-state index in [1.165, 1.54) is 9.21 Å². The van der Waals surface area contributed by atoms with Crippen LogP contribution in [0.25, 0.3) is 0 Å². The summed E-state index contributed by atoms with van der Waals surface area (Å²) in [5.74, 6) is 1.26. The summed E-state index contributed by atoms with van der Waals surface area (Å²) >= 11 is 0. The second-order valence-corrected chi connectivity index (χ2v) is 11.1. The fraction of sp³-hybridized carbons (Fsp3) is 0.481. The number of rotatable bonds is 14. The predicted molar refractivity (Wildman–Crippen MR) is 145 cm³/mol. The highest BCUT2D eigenvalue weighted by Gasteiger charge is 2.27. The molecule has 11 heteroatoms. The summed E-state index contributed by atoms with van der Waals surface area (Å²) in [6.07, 6.45) is 3.26. The van der Waals surface area contributed by atoms with Crippen molar-refractivity contribution in [3.8, 4) is 17.2 Å². The molecule has 0 aliphatic carbocycles. The Morgan fingerprint density at radius 2 is 1.79 bits per heavy atom. The van der Waals surface area contributed by atoms with Gasteiger partial charge in [0.1, 0.15) is 11.8 Å². The van der Waals surface area contributed by atoms with Crippen LogP contribution < -0.4 is 23.8 Å². The summed E-state index contributed by atoms with van der Waals surface area (Å²) in [5, 5.41) is 2.90. The zero-order valence-corrected chi connectivity index (χ0v) is 23.3. The molecule has 2 amide bonds. The Hall–Kier alpha value is -3.47. The molecule has 1 N–H and O–H groups in total. The third-order valence-electron chi connectivity index (χ3n) is 6.31. The molecule has 0 aromatic heterocycles. The minimum Gasteiger partial charge on any atom is -0.497 e. The van der Waals surface area contributed by atoms with Crippen LogP contribution in [0.2, 0.25) is 0 Å². The van der Waals surface area contributed by atoms with Crippen LogP contribution in [-0.2, 0) is 26.2 Å². The Bertz CT molecular complexity index is 1200. The van der Waals surface area contributed by atoms with Gasteiger partial charge in [0, 0.05) is 32.1 Å². The number of unbranched alkanes of at least 4 members (excludes halogenated alkanes) is 1. The second kappa shape index (κ2) is 13.4. The van der Waals surface area contributed by atoms with Crippen molar-refractivity contribution in [2.45, 2.75) is 52.1 Å². The number of sulfonamides is 1. The Labute approximate surface area is 224 Å². The lowest BCUT2D eigenvalue weighted by atomic mass is 10.1. The smallest absolute Gasteiger partial charge is 0.242 e. The number of methoxy groups -OCH3 is 1. The van der Waals surface area contributed by atoms with Gasteiger partial charge in [-0.25, -0.2) is 8.42 Å². The Balaban J connectivity index is 1.71. The van der Waals surface area contributed by atoms with Crippen molar-refractivity contribution < 1.29 is 32.2 Å². The molecule has 10 nitrogen and oxygen atoms in total. The molecule has 2 aromatic carbocycles. The highest BCUT2D eigenvalue weighted by molar-refractivity contribution is 7.92. The molecule has 2 aromatic rings. The molecule has 0 radical (unpaired) electrons. The van der Waals surface area contributed by atoms with Crippen LogP contribution in [-0.4, -0.2) is 64.4 Å². The van der Waals surface area contributed by atoms with Gasteiger partial charge >= 0.3 is 0 Å². The van der Waals surface area contributed by atoms with E-state index in [0.29, 0.717) is 29.5 Å². The molecule has 208 valence electrons. The third-order valence-corrected chi connectivity index (χ3v) is 7.50. The Kier molecular flexibility index (Phi) is 10.2. The van der Waals surface area contributed by atoms with Crippen molar-refractivity contribution in [3.63, 3.8) is 0 Å². The van der Waals surface area contributed by atoms with Crippen molar-refractivity contribution in [1.82, 2.24) is 10.2 Å². The maximum absolute atomic E-state index is 13.4. The lowest BCUT2D eigenvalue weighted by Crippen LogP contribution is -2.47. The first-order valence-corrected chi connectivity index (χ1v) is 14.6. The molecule has 0 unspecified atom stereocenters. The molecular weight excluding hydrogens is 510 g/mol. The summed E-state index contributed by atoms with van der Waals surface area (Å²) < 4.78 is 42.3. The minimum atomic E-state index is -3.62. The number of hydrogen-bond donors (Lipinski definition) is 1. The molecular formula is C27H37N3O7S. The van der Waals surface area contributed by atoms with E-state index in [2.05, 4.69) is 5.32 Å². The van der Waals surface area contributed by atoms with Crippen molar-refractivity contribution >= 4 is 27.5 Å². The van der Waals surface area contributed by atoms with Gasteiger partial charge in [-0.15, -0.1) is 0 Å². The number of anilines is 1. The number of amides is 2. The molecule has 38 heavy (non-hydrogen) atoms. The van der Waals surface area contributed by atoms with Gasteiger partial charge in [0.2, 0.25) is 28.6 Å². The van der Waals surface area contributed by atoms with Gasteiger partial charge in [-0.3, -0.25) is 13.9 Å². The quantitative estimate of drug-likeness (QED) is 0.361. The number of nitrogens with zero attached hydrogens (tertiary/aromatic N) is 2. The monoisotopic (exact) mass is 547 g/mol. The zero-order chi connectivity index (χ0) is 27.7. The lowest BCUT2D eigenvalue weighted by molar-refractivity contribution is -0.140. The average molecular weight is 548 g/mol. The maximum Gasteiger partial charge on any atom is 0.242 e. The largest absolute Gasteiger partial charge is 0.497 e. The molecule has 0 spiro atoms. The van der Waals surface area contributed by atoms with Crippen LogP contribution >= 0.6 is 0 Å². The van der Waals surface area contributed by atoms with E-state index in [-0.39, 0.29) is 44.5 Å². The fourth-order valence-electron chi connectivity index (χ4n) is 4.09. The number of ether oxygens (including phenoxy) is 3. The van der Waals surface area contributed by atoms with E-state index in [0.717, 1.165) is 24.7 Å². The van der Waals surface area contributed by atoms with E-state index >= 15 is 0 Å². The van der Waals surface area contributed by atoms with E-state index < -0.39 is 16.1 Å². The summed E-state index contributed by atoms with van der Waals surface area (Å²) in [6, 6.07) is 11.5. The van der Waals surface area contributed by atoms with Gasteiger partial charge in [0.25, 0.3) is 0 Å². The van der Waals surface area contributed by atoms with Crippen LogP contribution in [0.4, 0.5) is 5.69 Å². The number of fused-ring (bicyclic) bond motifs is 1. The van der Waals surface area contributed by atoms with Gasteiger partial charge in [-0.05, 0) is 49.6 Å². The maximum atomic E-state index is 13.4. The van der Waals surface area contributed by atoms with Crippen LogP contribution in [0.3, 0.4) is 0 Å². The number of benzene rings is 2. The molecule has 1 aliphatic rings.